The van der Waals surface area contributed by atoms with Crippen LogP contribution in [0, 0.1) is 0 Å². The maximum Gasteiger partial charge on any atom is 0.337 e. The standard InChI is InChI=1S/C35H36FNO5/c1-21-31(33(40)42-20-22-13-15-24(16-14-22)34(2,3)36)35(4,25-9-8-10-26(38)19-25)32-28(37-21)17-23(18-29(32)39)27-11-6-7-12-30(27)41-5/h6-16,19,23,37-38H,17-18,20H2,1-5H3/t23-,35-/m1/s1. The highest BCUT2D eigenvalue weighted by Gasteiger charge is 2.50. The lowest BCUT2D eigenvalue weighted by atomic mass is 9.62. The smallest absolute Gasteiger partial charge is 0.337 e. The number of para-hydroxylation sites is 1. The van der Waals surface area contributed by atoms with E-state index >= 15 is 0 Å². The van der Waals surface area contributed by atoms with Crippen molar-refractivity contribution in [2.75, 3.05) is 7.11 Å². The number of alkyl halides is 1. The topological polar surface area (TPSA) is 84.9 Å². The van der Waals surface area contributed by atoms with Gasteiger partial charge >= 0.3 is 5.97 Å². The second kappa shape index (κ2) is 11.1. The van der Waals surface area contributed by atoms with Crippen LogP contribution >= 0.6 is 0 Å². The Bertz CT molecular complexity index is 1600. The van der Waals surface area contributed by atoms with Gasteiger partial charge in [-0.15, -0.1) is 0 Å². The zero-order chi connectivity index (χ0) is 30.2. The molecule has 0 radical (unpaired) electrons. The number of phenolic OH excluding ortho intramolecular Hbond substituents is 1. The molecule has 2 aliphatic rings. The van der Waals surface area contributed by atoms with Gasteiger partial charge in [-0.1, -0.05) is 54.6 Å². The number of hydrogen-bond acceptors (Lipinski definition) is 6. The van der Waals surface area contributed by atoms with Gasteiger partial charge in [-0.3, -0.25) is 4.79 Å². The number of aromatic hydroxyl groups is 1. The van der Waals surface area contributed by atoms with Crippen molar-refractivity contribution in [3.05, 3.63) is 118 Å². The van der Waals surface area contributed by atoms with E-state index < -0.39 is 17.1 Å². The number of allylic oxidation sites excluding steroid dienone is 3. The molecule has 3 aromatic carbocycles. The number of ether oxygens (including phenoxy) is 2. The molecule has 2 N–H and O–H groups in total. The zero-order valence-corrected chi connectivity index (χ0v) is 24.6. The maximum atomic E-state index is 14.3. The highest BCUT2D eigenvalue weighted by molar-refractivity contribution is 6.06. The van der Waals surface area contributed by atoms with Crippen molar-refractivity contribution in [2.45, 2.75) is 64.1 Å². The number of phenols is 1. The molecule has 42 heavy (non-hydrogen) atoms. The highest BCUT2D eigenvalue weighted by atomic mass is 19.1. The van der Waals surface area contributed by atoms with Gasteiger partial charge in [-0.05, 0) is 74.6 Å². The summed E-state index contributed by atoms with van der Waals surface area (Å²) in [5, 5.41) is 13.8. The first-order chi connectivity index (χ1) is 19.9. The number of carbonyl (C=O) groups is 2. The highest BCUT2D eigenvalue weighted by Crippen LogP contribution is 2.50. The third kappa shape index (κ3) is 5.31. The fraction of sp³-hybridized carbons (Fsp3) is 0.314. The summed E-state index contributed by atoms with van der Waals surface area (Å²) in [4.78, 5) is 27.9. The average molecular weight is 570 g/mol. The van der Waals surface area contributed by atoms with Gasteiger partial charge in [0.2, 0.25) is 0 Å². The summed E-state index contributed by atoms with van der Waals surface area (Å²) in [5.74, 6) is -0.0112. The van der Waals surface area contributed by atoms with Crippen molar-refractivity contribution in [3.63, 3.8) is 0 Å². The van der Waals surface area contributed by atoms with Gasteiger partial charge < -0.3 is 19.9 Å². The van der Waals surface area contributed by atoms with Crippen LogP contribution in [0.1, 0.15) is 68.7 Å². The van der Waals surface area contributed by atoms with Crippen molar-refractivity contribution in [1.82, 2.24) is 5.32 Å². The summed E-state index contributed by atoms with van der Waals surface area (Å²) in [7, 11) is 1.62. The molecule has 1 heterocycles. The summed E-state index contributed by atoms with van der Waals surface area (Å²) in [5.41, 5.74) is 2.28. The van der Waals surface area contributed by atoms with E-state index in [1.54, 1.807) is 56.5 Å². The van der Waals surface area contributed by atoms with E-state index in [0.29, 0.717) is 40.0 Å². The minimum absolute atomic E-state index is 0.0194. The number of nitrogens with one attached hydrogen (secondary N) is 1. The number of hydrogen-bond donors (Lipinski definition) is 2. The SMILES string of the molecule is COc1ccccc1[C@H]1CC(=O)C2=C(C1)NC(C)=C(C(=O)OCc1ccc(C(C)(C)F)cc1)[C@@]2(C)c1cccc(O)c1. The molecule has 7 heteroatoms. The minimum atomic E-state index is -1.48. The van der Waals surface area contributed by atoms with Crippen molar-refractivity contribution in [1.29, 1.82) is 0 Å². The minimum Gasteiger partial charge on any atom is -0.508 e. The molecule has 0 bridgehead atoms. The number of esters is 1. The van der Waals surface area contributed by atoms with Gasteiger partial charge in [0.05, 0.1) is 18.1 Å². The molecule has 5 rings (SSSR count). The second-order valence-electron chi connectivity index (χ2n) is 11.7. The molecule has 1 aliphatic carbocycles. The van der Waals surface area contributed by atoms with Gasteiger partial charge in [0.15, 0.2) is 5.78 Å². The van der Waals surface area contributed by atoms with Crippen LogP contribution in [0.5, 0.6) is 11.5 Å². The van der Waals surface area contributed by atoms with Crippen molar-refractivity contribution in [3.8, 4) is 11.5 Å². The quantitative estimate of drug-likeness (QED) is 0.302. The van der Waals surface area contributed by atoms with E-state index in [4.69, 9.17) is 9.47 Å². The van der Waals surface area contributed by atoms with Crippen molar-refractivity contribution in [2.24, 2.45) is 0 Å². The molecule has 2 atom stereocenters. The fourth-order valence-corrected chi connectivity index (χ4v) is 6.30. The second-order valence-corrected chi connectivity index (χ2v) is 11.7. The van der Waals surface area contributed by atoms with Crippen LogP contribution in [0.2, 0.25) is 0 Å². The van der Waals surface area contributed by atoms with Crippen molar-refractivity contribution >= 4 is 11.8 Å². The van der Waals surface area contributed by atoms with E-state index in [0.717, 1.165) is 17.0 Å². The Morgan fingerprint density at radius 3 is 2.45 bits per heavy atom. The fourth-order valence-electron chi connectivity index (χ4n) is 6.30. The van der Waals surface area contributed by atoms with Crippen LogP contribution in [-0.4, -0.2) is 24.0 Å². The molecule has 218 valence electrons. The Balaban J connectivity index is 1.51. The lowest BCUT2D eigenvalue weighted by Crippen LogP contribution is -2.45. The van der Waals surface area contributed by atoms with E-state index in [-0.39, 0.29) is 30.5 Å². The number of methoxy groups -OCH3 is 1. The summed E-state index contributed by atoms with van der Waals surface area (Å²) < 4.78 is 25.7. The third-order valence-electron chi connectivity index (χ3n) is 8.39. The van der Waals surface area contributed by atoms with Gasteiger partial charge in [-0.25, -0.2) is 9.18 Å². The molecular weight excluding hydrogens is 533 g/mol. The van der Waals surface area contributed by atoms with Crippen LogP contribution in [0.25, 0.3) is 0 Å². The first-order valence-electron chi connectivity index (χ1n) is 14.1. The van der Waals surface area contributed by atoms with Gasteiger partial charge in [-0.2, -0.15) is 0 Å². The molecule has 0 saturated heterocycles. The molecule has 0 fully saturated rings. The lowest BCUT2D eigenvalue weighted by molar-refractivity contribution is -0.141. The maximum absolute atomic E-state index is 14.3. The van der Waals surface area contributed by atoms with Crippen LogP contribution in [-0.2, 0) is 32.0 Å². The zero-order valence-electron chi connectivity index (χ0n) is 24.6. The van der Waals surface area contributed by atoms with E-state index in [2.05, 4.69) is 5.32 Å². The lowest BCUT2D eigenvalue weighted by Gasteiger charge is -2.43. The summed E-state index contributed by atoms with van der Waals surface area (Å²) >= 11 is 0. The number of carbonyl (C=O) groups excluding carboxylic acids is 2. The first kappa shape index (κ1) is 29.1. The van der Waals surface area contributed by atoms with Crippen LogP contribution in [0.3, 0.4) is 0 Å². The number of Topliss-reactive ketones (excluding diaryl/α,β-unsaturated/α-hetero) is 1. The third-order valence-corrected chi connectivity index (χ3v) is 8.39. The van der Waals surface area contributed by atoms with E-state index in [1.165, 1.54) is 13.8 Å². The Labute approximate surface area is 245 Å². The predicted molar refractivity (Wildman–Crippen MR) is 159 cm³/mol. The molecule has 6 nitrogen and oxygen atoms in total. The molecule has 0 spiro atoms. The van der Waals surface area contributed by atoms with E-state index in [1.807, 2.05) is 37.3 Å². The normalized spacial score (nSPS) is 20.6. The summed E-state index contributed by atoms with van der Waals surface area (Å²) in [6.07, 6.45) is 0.792. The molecule has 0 aromatic heterocycles. The molecule has 0 amide bonds. The number of benzene rings is 3. The van der Waals surface area contributed by atoms with Crippen LogP contribution in [0.4, 0.5) is 4.39 Å². The Morgan fingerprint density at radius 1 is 1.07 bits per heavy atom. The number of ketones is 1. The van der Waals surface area contributed by atoms with E-state index in [9.17, 15) is 19.1 Å². The molecule has 1 aliphatic heterocycles. The van der Waals surface area contributed by atoms with Gasteiger partial charge in [0, 0.05) is 29.3 Å². The van der Waals surface area contributed by atoms with Crippen LogP contribution < -0.4 is 10.1 Å². The average Bonchev–Trinajstić information content (AvgIpc) is 2.95. The van der Waals surface area contributed by atoms with Crippen LogP contribution in [0.15, 0.2) is 95.3 Å². The largest absolute Gasteiger partial charge is 0.508 e. The molecule has 0 saturated carbocycles. The van der Waals surface area contributed by atoms with Gasteiger partial charge in [0.1, 0.15) is 23.8 Å². The summed E-state index contributed by atoms with van der Waals surface area (Å²) in [6.45, 7) is 6.61. The Hall–Kier alpha value is -4.39. The van der Waals surface area contributed by atoms with Gasteiger partial charge in [0.25, 0.3) is 0 Å². The Kier molecular flexibility index (Phi) is 7.71. The molecule has 0 unspecified atom stereocenters. The monoisotopic (exact) mass is 569 g/mol. The summed E-state index contributed by atoms with van der Waals surface area (Å²) in [6, 6.07) is 21.2. The predicted octanol–water partition coefficient (Wildman–Crippen LogP) is 6.88. The van der Waals surface area contributed by atoms with Crippen molar-refractivity contribution < 1.29 is 28.6 Å². The molecule has 3 aromatic rings. The molecular formula is C35H36FNO5. The first-order valence-corrected chi connectivity index (χ1v) is 14.1. The number of rotatable bonds is 7. The number of dihydropyridines is 1. The number of halogens is 1. The Morgan fingerprint density at radius 2 is 1.79 bits per heavy atom.